The van der Waals surface area contributed by atoms with E-state index in [0.29, 0.717) is 0 Å². The lowest BCUT2D eigenvalue weighted by atomic mass is 9.60. The summed E-state index contributed by atoms with van der Waals surface area (Å²) in [4.78, 5) is 0. The number of rotatable bonds is 8. The standard InChI is InChI=1S/C19H36N2/c1-3-7-18-16(2)8-6-11-19(18,15-20)12-13-21-14-17-9-4-5-10-17/h15-18,20-21H,3-14H2,1-2H3/t16-,18?,19-/m1/s1. The molecule has 0 amide bonds. The van der Waals surface area contributed by atoms with E-state index in [9.17, 15) is 0 Å². The maximum Gasteiger partial charge on any atom is 0.00923 e. The molecule has 2 fully saturated rings. The highest BCUT2D eigenvalue weighted by Crippen LogP contribution is 2.47. The van der Waals surface area contributed by atoms with Crippen LogP contribution < -0.4 is 5.32 Å². The SMILES string of the molecule is CCCC1[C@H](C)CCC[C@]1(C=N)CCNCC1CCCC1. The highest BCUT2D eigenvalue weighted by molar-refractivity contribution is 5.63. The third-order valence-corrected chi connectivity index (χ3v) is 6.29. The van der Waals surface area contributed by atoms with Crippen molar-refractivity contribution in [2.75, 3.05) is 13.1 Å². The van der Waals surface area contributed by atoms with E-state index in [2.05, 4.69) is 19.2 Å². The number of nitrogens with one attached hydrogen (secondary N) is 2. The van der Waals surface area contributed by atoms with Crippen LogP contribution in [0.1, 0.15) is 78.1 Å². The zero-order chi connectivity index (χ0) is 15.1. The van der Waals surface area contributed by atoms with Gasteiger partial charge in [-0.15, -0.1) is 0 Å². The molecule has 3 atom stereocenters. The predicted molar refractivity (Wildman–Crippen MR) is 92.1 cm³/mol. The fourth-order valence-corrected chi connectivity index (χ4v) is 4.99. The van der Waals surface area contributed by atoms with Gasteiger partial charge in [-0.2, -0.15) is 0 Å². The topological polar surface area (TPSA) is 35.9 Å². The normalized spacial score (nSPS) is 34.2. The molecule has 0 saturated heterocycles. The number of hydrogen-bond donors (Lipinski definition) is 2. The largest absolute Gasteiger partial charge is 0.316 e. The lowest BCUT2D eigenvalue weighted by Crippen LogP contribution is -2.42. The van der Waals surface area contributed by atoms with Gasteiger partial charge in [0.1, 0.15) is 0 Å². The van der Waals surface area contributed by atoms with Gasteiger partial charge >= 0.3 is 0 Å². The third-order valence-electron chi connectivity index (χ3n) is 6.29. The summed E-state index contributed by atoms with van der Waals surface area (Å²) in [5.41, 5.74) is 0.191. The van der Waals surface area contributed by atoms with Crippen molar-refractivity contribution in [2.45, 2.75) is 78.1 Å². The lowest BCUT2D eigenvalue weighted by molar-refractivity contribution is 0.0979. The van der Waals surface area contributed by atoms with Crippen LogP contribution in [0.3, 0.4) is 0 Å². The monoisotopic (exact) mass is 292 g/mol. The number of hydrogen-bond acceptors (Lipinski definition) is 2. The van der Waals surface area contributed by atoms with E-state index in [1.165, 1.54) is 70.8 Å². The van der Waals surface area contributed by atoms with Gasteiger partial charge in [-0.25, -0.2) is 0 Å². The van der Waals surface area contributed by atoms with Crippen molar-refractivity contribution in [1.82, 2.24) is 5.32 Å². The first kappa shape index (κ1) is 17.0. The molecule has 2 rings (SSSR count). The van der Waals surface area contributed by atoms with Crippen LogP contribution in [0.15, 0.2) is 0 Å². The summed E-state index contributed by atoms with van der Waals surface area (Å²) in [5, 5.41) is 11.8. The van der Waals surface area contributed by atoms with Crippen LogP contribution >= 0.6 is 0 Å². The van der Waals surface area contributed by atoms with Gasteiger partial charge in [0.05, 0.1) is 0 Å². The first-order valence-corrected chi connectivity index (χ1v) is 9.44. The molecule has 21 heavy (non-hydrogen) atoms. The quantitative estimate of drug-likeness (QED) is 0.478. The molecule has 2 N–H and O–H groups in total. The zero-order valence-electron chi connectivity index (χ0n) is 14.3. The molecule has 0 radical (unpaired) electrons. The van der Waals surface area contributed by atoms with Gasteiger partial charge in [0.2, 0.25) is 0 Å². The van der Waals surface area contributed by atoms with Gasteiger partial charge in [-0.3, -0.25) is 0 Å². The molecule has 0 aliphatic heterocycles. The summed E-state index contributed by atoms with van der Waals surface area (Å²) in [5.74, 6) is 2.47. The lowest BCUT2D eigenvalue weighted by Gasteiger charge is -2.45. The summed E-state index contributed by atoms with van der Waals surface area (Å²) in [6.07, 6.45) is 15.2. The molecule has 0 aromatic carbocycles. The summed E-state index contributed by atoms with van der Waals surface area (Å²) >= 11 is 0. The Labute approximate surface area is 132 Å². The van der Waals surface area contributed by atoms with Crippen LogP contribution in [0.5, 0.6) is 0 Å². The Kier molecular flexibility index (Phi) is 6.73. The molecule has 0 aromatic rings. The molecule has 1 unspecified atom stereocenters. The van der Waals surface area contributed by atoms with Crippen LogP contribution in [0, 0.1) is 28.6 Å². The summed E-state index contributed by atoms with van der Waals surface area (Å²) in [6.45, 7) is 7.04. The highest BCUT2D eigenvalue weighted by atomic mass is 14.9. The Morgan fingerprint density at radius 1 is 1.19 bits per heavy atom. The van der Waals surface area contributed by atoms with Crippen molar-refractivity contribution in [3.8, 4) is 0 Å². The van der Waals surface area contributed by atoms with Crippen LogP contribution in [-0.4, -0.2) is 19.3 Å². The second kappa shape index (κ2) is 8.31. The third kappa shape index (κ3) is 4.31. The maximum absolute atomic E-state index is 8.09. The molecule has 0 heterocycles. The fourth-order valence-electron chi connectivity index (χ4n) is 4.99. The average Bonchev–Trinajstić information content (AvgIpc) is 3.00. The minimum absolute atomic E-state index is 0.191. The smallest absolute Gasteiger partial charge is 0.00923 e. The Morgan fingerprint density at radius 3 is 2.62 bits per heavy atom. The predicted octanol–water partition coefficient (Wildman–Crippen LogP) is 5.03. The van der Waals surface area contributed by atoms with Crippen LogP contribution in [0.25, 0.3) is 0 Å². The summed E-state index contributed by atoms with van der Waals surface area (Å²) < 4.78 is 0. The van der Waals surface area contributed by atoms with E-state index in [4.69, 9.17) is 5.41 Å². The van der Waals surface area contributed by atoms with Crippen LogP contribution in [0.4, 0.5) is 0 Å². The molecule has 0 aromatic heterocycles. The van der Waals surface area contributed by atoms with Crippen molar-refractivity contribution in [3.05, 3.63) is 0 Å². The van der Waals surface area contributed by atoms with E-state index in [-0.39, 0.29) is 5.41 Å². The van der Waals surface area contributed by atoms with E-state index in [1.54, 1.807) is 0 Å². The molecule has 2 aliphatic rings. The molecule has 2 nitrogen and oxygen atoms in total. The van der Waals surface area contributed by atoms with E-state index >= 15 is 0 Å². The van der Waals surface area contributed by atoms with Gasteiger partial charge < -0.3 is 10.7 Å². The van der Waals surface area contributed by atoms with E-state index < -0.39 is 0 Å². The molecular formula is C19H36N2. The van der Waals surface area contributed by atoms with Gasteiger partial charge in [-0.05, 0) is 62.9 Å². The van der Waals surface area contributed by atoms with Crippen molar-refractivity contribution in [3.63, 3.8) is 0 Å². The highest BCUT2D eigenvalue weighted by Gasteiger charge is 2.41. The van der Waals surface area contributed by atoms with Crippen molar-refractivity contribution >= 4 is 6.21 Å². The van der Waals surface area contributed by atoms with Gasteiger partial charge in [-0.1, -0.05) is 46.0 Å². The first-order valence-electron chi connectivity index (χ1n) is 9.44. The van der Waals surface area contributed by atoms with Gasteiger partial charge in [0, 0.05) is 11.6 Å². The average molecular weight is 293 g/mol. The minimum atomic E-state index is 0.191. The molecular weight excluding hydrogens is 256 g/mol. The van der Waals surface area contributed by atoms with Gasteiger partial charge in [0.25, 0.3) is 0 Å². The second-order valence-corrected chi connectivity index (χ2v) is 7.75. The fraction of sp³-hybridized carbons (Fsp3) is 0.947. The van der Waals surface area contributed by atoms with Crippen LogP contribution in [0.2, 0.25) is 0 Å². The van der Waals surface area contributed by atoms with E-state index in [1.807, 2.05) is 6.21 Å². The molecule has 2 saturated carbocycles. The van der Waals surface area contributed by atoms with Crippen molar-refractivity contribution in [1.29, 1.82) is 5.41 Å². The summed E-state index contributed by atoms with van der Waals surface area (Å²) in [6, 6.07) is 0. The Hall–Kier alpha value is -0.370. The molecule has 2 heteroatoms. The van der Waals surface area contributed by atoms with Gasteiger partial charge in [0.15, 0.2) is 0 Å². The molecule has 122 valence electrons. The summed E-state index contributed by atoms with van der Waals surface area (Å²) in [7, 11) is 0. The van der Waals surface area contributed by atoms with Crippen molar-refractivity contribution < 1.29 is 0 Å². The minimum Gasteiger partial charge on any atom is -0.316 e. The van der Waals surface area contributed by atoms with Crippen LogP contribution in [-0.2, 0) is 0 Å². The molecule has 0 bridgehead atoms. The first-order chi connectivity index (χ1) is 10.2. The second-order valence-electron chi connectivity index (χ2n) is 7.75. The molecule has 2 aliphatic carbocycles. The van der Waals surface area contributed by atoms with Crippen molar-refractivity contribution in [2.24, 2.45) is 23.2 Å². The Bertz CT molecular complexity index is 309. The Balaban J connectivity index is 1.84. The molecule has 0 spiro atoms. The zero-order valence-corrected chi connectivity index (χ0v) is 14.3. The van der Waals surface area contributed by atoms with E-state index in [0.717, 1.165) is 24.3 Å². The Morgan fingerprint density at radius 2 is 1.95 bits per heavy atom. The maximum atomic E-state index is 8.09.